The summed E-state index contributed by atoms with van der Waals surface area (Å²) in [6, 6.07) is 0. The first-order valence-electron chi connectivity index (χ1n) is 7.02. The summed E-state index contributed by atoms with van der Waals surface area (Å²) in [5, 5.41) is 3.92. The predicted octanol–water partition coefficient (Wildman–Crippen LogP) is 3.11. The Labute approximate surface area is 114 Å². The van der Waals surface area contributed by atoms with E-state index in [-0.39, 0.29) is 18.3 Å². The molecule has 0 radical (unpaired) electrons. The lowest BCUT2D eigenvalue weighted by molar-refractivity contribution is -0.119. The maximum absolute atomic E-state index is 11.7. The van der Waals surface area contributed by atoms with Crippen molar-refractivity contribution in [3.05, 3.63) is 11.7 Å². The number of rotatable bonds is 9. The van der Waals surface area contributed by atoms with Gasteiger partial charge in [0.1, 0.15) is 11.9 Å². The highest BCUT2D eigenvalue weighted by Gasteiger charge is 2.19. The standard InChI is InChI=1S/C14H24N2O3/c1-5-7-12(18-6-2)14-15-13(19-16-14)9-11(17)8-10(3)4/h10,12H,5-9H2,1-4H3. The molecular weight excluding hydrogens is 244 g/mol. The van der Waals surface area contributed by atoms with Crippen LogP contribution in [0.4, 0.5) is 0 Å². The molecule has 0 saturated heterocycles. The van der Waals surface area contributed by atoms with E-state index in [0.29, 0.717) is 30.7 Å². The van der Waals surface area contributed by atoms with Crippen LogP contribution >= 0.6 is 0 Å². The van der Waals surface area contributed by atoms with Crippen molar-refractivity contribution in [2.45, 2.75) is 59.5 Å². The molecular formula is C14H24N2O3. The molecule has 5 nitrogen and oxygen atoms in total. The molecule has 0 bridgehead atoms. The fraction of sp³-hybridized carbons (Fsp3) is 0.786. The smallest absolute Gasteiger partial charge is 0.234 e. The van der Waals surface area contributed by atoms with Crippen molar-refractivity contribution >= 4 is 5.78 Å². The zero-order valence-corrected chi connectivity index (χ0v) is 12.3. The summed E-state index contributed by atoms with van der Waals surface area (Å²) in [5.74, 6) is 1.43. The van der Waals surface area contributed by atoms with Gasteiger partial charge in [0, 0.05) is 13.0 Å². The molecule has 0 N–H and O–H groups in total. The van der Waals surface area contributed by atoms with E-state index in [2.05, 4.69) is 17.1 Å². The van der Waals surface area contributed by atoms with Crippen molar-refractivity contribution in [1.29, 1.82) is 0 Å². The van der Waals surface area contributed by atoms with Gasteiger partial charge < -0.3 is 9.26 Å². The molecule has 0 fully saturated rings. The molecule has 5 heteroatoms. The molecule has 0 aliphatic rings. The summed E-state index contributed by atoms with van der Waals surface area (Å²) < 4.78 is 10.7. The molecule has 0 aliphatic carbocycles. The fourth-order valence-electron chi connectivity index (χ4n) is 1.92. The second kappa shape index (κ2) is 8.04. The summed E-state index contributed by atoms with van der Waals surface area (Å²) in [5.41, 5.74) is 0. The van der Waals surface area contributed by atoms with Crippen molar-refractivity contribution < 1.29 is 14.1 Å². The molecule has 0 aliphatic heterocycles. The van der Waals surface area contributed by atoms with Crippen LogP contribution in [0.15, 0.2) is 4.52 Å². The lowest BCUT2D eigenvalue weighted by Crippen LogP contribution is -2.08. The molecule has 1 aromatic rings. The van der Waals surface area contributed by atoms with Gasteiger partial charge in [0.25, 0.3) is 0 Å². The Hall–Kier alpha value is -1.23. The summed E-state index contributed by atoms with van der Waals surface area (Å²) in [4.78, 5) is 16.0. The highest BCUT2D eigenvalue weighted by molar-refractivity contribution is 5.80. The maximum Gasteiger partial charge on any atom is 0.234 e. The third-order valence-corrected chi connectivity index (χ3v) is 2.67. The van der Waals surface area contributed by atoms with Crippen molar-refractivity contribution in [1.82, 2.24) is 10.1 Å². The number of hydrogen-bond donors (Lipinski definition) is 0. The zero-order valence-electron chi connectivity index (χ0n) is 12.3. The number of aromatic nitrogens is 2. The minimum absolute atomic E-state index is 0.132. The second-order valence-electron chi connectivity index (χ2n) is 5.09. The average molecular weight is 268 g/mol. The third-order valence-electron chi connectivity index (χ3n) is 2.67. The number of carbonyl (C=O) groups excluding carboxylic acids is 1. The first kappa shape index (κ1) is 15.8. The largest absolute Gasteiger partial charge is 0.370 e. The van der Waals surface area contributed by atoms with Gasteiger partial charge in [0.15, 0.2) is 0 Å². The Balaban J connectivity index is 2.61. The fourth-order valence-corrected chi connectivity index (χ4v) is 1.92. The second-order valence-corrected chi connectivity index (χ2v) is 5.09. The molecule has 1 rings (SSSR count). The quantitative estimate of drug-likeness (QED) is 0.688. The normalized spacial score (nSPS) is 12.9. The van der Waals surface area contributed by atoms with Crippen molar-refractivity contribution in [3.63, 3.8) is 0 Å². The number of Topliss-reactive ketones (excluding diaryl/α,β-unsaturated/α-hetero) is 1. The maximum atomic E-state index is 11.7. The topological polar surface area (TPSA) is 65.2 Å². The van der Waals surface area contributed by atoms with Crippen molar-refractivity contribution in [2.75, 3.05) is 6.61 Å². The molecule has 108 valence electrons. The van der Waals surface area contributed by atoms with Gasteiger partial charge in [0.05, 0.1) is 6.42 Å². The van der Waals surface area contributed by atoms with Crippen LogP contribution in [-0.4, -0.2) is 22.5 Å². The SMILES string of the molecule is CCCC(OCC)c1noc(CC(=O)CC(C)C)n1. The summed E-state index contributed by atoms with van der Waals surface area (Å²) >= 11 is 0. The van der Waals surface area contributed by atoms with Crippen LogP contribution in [0, 0.1) is 5.92 Å². The monoisotopic (exact) mass is 268 g/mol. The Bertz CT molecular complexity index is 382. The van der Waals surface area contributed by atoms with Crippen LogP contribution in [0.5, 0.6) is 0 Å². The van der Waals surface area contributed by atoms with Crippen LogP contribution in [0.25, 0.3) is 0 Å². The molecule has 1 atom stereocenters. The Kier molecular flexibility index (Phi) is 6.70. The minimum Gasteiger partial charge on any atom is -0.370 e. The Morgan fingerprint density at radius 2 is 2.11 bits per heavy atom. The number of carbonyl (C=O) groups is 1. The van der Waals surface area contributed by atoms with Crippen LogP contribution in [0.1, 0.15) is 64.8 Å². The van der Waals surface area contributed by atoms with Gasteiger partial charge in [-0.05, 0) is 19.3 Å². The molecule has 0 saturated carbocycles. The van der Waals surface area contributed by atoms with E-state index >= 15 is 0 Å². The van der Waals surface area contributed by atoms with E-state index in [4.69, 9.17) is 9.26 Å². The minimum atomic E-state index is -0.132. The number of ether oxygens (including phenoxy) is 1. The Morgan fingerprint density at radius 1 is 1.37 bits per heavy atom. The van der Waals surface area contributed by atoms with Crippen LogP contribution < -0.4 is 0 Å². The molecule has 1 heterocycles. The van der Waals surface area contributed by atoms with Gasteiger partial charge in [-0.2, -0.15) is 4.98 Å². The highest BCUT2D eigenvalue weighted by Crippen LogP contribution is 2.20. The van der Waals surface area contributed by atoms with Crippen molar-refractivity contribution in [3.8, 4) is 0 Å². The van der Waals surface area contributed by atoms with Crippen molar-refractivity contribution in [2.24, 2.45) is 5.92 Å². The zero-order chi connectivity index (χ0) is 14.3. The molecule has 0 aromatic carbocycles. The lowest BCUT2D eigenvalue weighted by Gasteiger charge is -2.11. The van der Waals surface area contributed by atoms with E-state index in [1.807, 2.05) is 20.8 Å². The molecule has 19 heavy (non-hydrogen) atoms. The van der Waals surface area contributed by atoms with E-state index < -0.39 is 0 Å². The summed E-state index contributed by atoms with van der Waals surface area (Å²) in [7, 11) is 0. The van der Waals surface area contributed by atoms with E-state index in [1.165, 1.54) is 0 Å². The van der Waals surface area contributed by atoms with Crippen LogP contribution in [0.3, 0.4) is 0 Å². The number of hydrogen-bond acceptors (Lipinski definition) is 5. The van der Waals surface area contributed by atoms with Gasteiger partial charge in [-0.3, -0.25) is 4.79 Å². The predicted molar refractivity (Wildman–Crippen MR) is 71.7 cm³/mol. The molecule has 0 amide bonds. The molecule has 0 spiro atoms. The number of nitrogens with zero attached hydrogens (tertiary/aromatic N) is 2. The average Bonchev–Trinajstić information content (AvgIpc) is 2.76. The van der Waals surface area contributed by atoms with Gasteiger partial charge in [-0.1, -0.05) is 32.3 Å². The van der Waals surface area contributed by atoms with Gasteiger partial charge in [-0.15, -0.1) is 0 Å². The third kappa shape index (κ3) is 5.51. The first-order valence-corrected chi connectivity index (χ1v) is 7.02. The lowest BCUT2D eigenvalue weighted by atomic mass is 10.1. The number of ketones is 1. The van der Waals surface area contributed by atoms with Gasteiger partial charge in [-0.25, -0.2) is 0 Å². The van der Waals surface area contributed by atoms with E-state index in [1.54, 1.807) is 0 Å². The van der Waals surface area contributed by atoms with Crippen LogP contribution in [-0.2, 0) is 16.0 Å². The van der Waals surface area contributed by atoms with E-state index in [9.17, 15) is 4.79 Å². The van der Waals surface area contributed by atoms with E-state index in [0.717, 1.165) is 12.8 Å². The summed E-state index contributed by atoms with van der Waals surface area (Å²) in [6.07, 6.45) is 2.47. The Morgan fingerprint density at radius 3 is 2.68 bits per heavy atom. The molecule has 1 unspecified atom stereocenters. The van der Waals surface area contributed by atoms with Gasteiger partial charge >= 0.3 is 0 Å². The van der Waals surface area contributed by atoms with Gasteiger partial charge in [0.2, 0.25) is 11.7 Å². The summed E-state index contributed by atoms with van der Waals surface area (Å²) in [6.45, 7) is 8.67. The molecule has 1 aromatic heterocycles. The van der Waals surface area contributed by atoms with Crippen LogP contribution in [0.2, 0.25) is 0 Å². The first-order chi connectivity index (χ1) is 9.06. The highest BCUT2D eigenvalue weighted by atomic mass is 16.5.